The van der Waals surface area contributed by atoms with Gasteiger partial charge in [0, 0.05) is 22.0 Å². The topological polar surface area (TPSA) is 0 Å². The van der Waals surface area contributed by atoms with E-state index in [1.807, 2.05) is 0 Å². The first kappa shape index (κ1) is 9.69. The highest BCUT2D eigenvalue weighted by Crippen LogP contribution is 2.66. The number of hydrogen-bond donors (Lipinski definition) is 0. The lowest BCUT2D eigenvalue weighted by Gasteiger charge is -2.18. The molecule has 2 aliphatic rings. The van der Waals surface area contributed by atoms with Crippen molar-refractivity contribution >= 4 is 47.0 Å². The van der Waals surface area contributed by atoms with Crippen LogP contribution in [-0.2, 0) is 0 Å². The van der Waals surface area contributed by atoms with Crippen molar-refractivity contribution in [3.05, 3.63) is 12.7 Å². The number of thioether (sulfide) groups is 4. The largest absolute Gasteiger partial charge is 0.154 e. The number of hydrogen-bond acceptors (Lipinski definition) is 4. The van der Waals surface area contributed by atoms with Crippen LogP contribution in [0.25, 0.3) is 0 Å². The molecule has 68 valence electrons. The average molecular weight is 236 g/mol. The molecule has 0 amide bonds. The Morgan fingerprint density at radius 3 is 2.58 bits per heavy atom. The Bertz CT molecular complexity index is 193. The molecule has 0 radical (unpaired) electrons. The maximum atomic E-state index is 3.86. The highest BCUT2D eigenvalue weighted by Gasteiger charge is 2.46. The van der Waals surface area contributed by atoms with Gasteiger partial charge < -0.3 is 0 Å². The van der Waals surface area contributed by atoms with Crippen LogP contribution < -0.4 is 0 Å². The molecule has 0 N–H and O–H groups in total. The van der Waals surface area contributed by atoms with Crippen molar-refractivity contribution in [1.29, 1.82) is 0 Å². The molecule has 0 aromatic rings. The quantitative estimate of drug-likeness (QED) is 0.639. The summed E-state index contributed by atoms with van der Waals surface area (Å²) in [6, 6.07) is 0. The van der Waals surface area contributed by atoms with Gasteiger partial charge in [-0.15, -0.1) is 53.6 Å². The second-order valence-corrected chi connectivity index (χ2v) is 10.1. The van der Waals surface area contributed by atoms with Crippen molar-refractivity contribution in [2.75, 3.05) is 11.5 Å². The second-order valence-electron chi connectivity index (χ2n) is 2.94. The minimum Gasteiger partial charge on any atom is -0.121 e. The van der Waals surface area contributed by atoms with Gasteiger partial charge in [0.15, 0.2) is 2.74 Å². The van der Waals surface area contributed by atoms with E-state index in [0.29, 0.717) is 7.99 Å². The molecule has 3 atom stereocenters. The van der Waals surface area contributed by atoms with Gasteiger partial charge in [0.05, 0.1) is 0 Å². The van der Waals surface area contributed by atoms with Crippen LogP contribution in [0.15, 0.2) is 12.7 Å². The van der Waals surface area contributed by atoms with E-state index >= 15 is 0 Å². The molecule has 12 heavy (non-hydrogen) atoms. The standard InChI is InChI=1S/C8H12S4/c1-3-7-5-10-8(12-7)9-4-6(2)11-8/h3,6-7H,1,4-5H2,2H3/t6?,7?,8-/m0/s1. The maximum Gasteiger partial charge on any atom is 0.154 e. The Balaban J connectivity index is 2.01. The lowest BCUT2D eigenvalue weighted by atomic mass is 10.5. The van der Waals surface area contributed by atoms with Gasteiger partial charge in [0.2, 0.25) is 0 Å². The van der Waals surface area contributed by atoms with E-state index in [-0.39, 0.29) is 0 Å². The first-order chi connectivity index (χ1) is 5.74. The van der Waals surface area contributed by atoms with Crippen molar-refractivity contribution in [2.45, 2.75) is 20.2 Å². The SMILES string of the molecule is C=CC1CS[C@]2(SCC(C)S2)S1. The summed E-state index contributed by atoms with van der Waals surface area (Å²) >= 11 is 8.46. The van der Waals surface area contributed by atoms with E-state index in [4.69, 9.17) is 0 Å². The zero-order valence-corrected chi connectivity index (χ0v) is 10.3. The molecule has 1 spiro atoms. The summed E-state index contributed by atoms with van der Waals surface area (Å²) in [5.74, 6) is 2.56. The van der Waals surface area contributed by atoms with Gasteiger partial charge >= 0.3 is 0 Å². The molecule has 0 aromatic heterocycles. The lowest BCUT2D eigenvalue weighted by molar-refractivity contribution is 1.15. The minimum atomic E-state index is 0.429. The molecule has 2 heterocycles. The molecule has 0 aromatic carbocycles. The third-order valence-electron chi connectivity index (χ3n) is 1.82. The fraction of sp³-hybridized carbons (Fsp3) is 0.750. The molecule has 4 heteroatoms. The zero-order chi connectivity index (χ0) is 8.60. The molecule has 0 saturated carbocycles. The Labute approximate surface area is 91.1 Å². The first-order valence-electron chi connectivity index (χ1n) is 4.00. The van der Waals surface area contributed by atoms with Gasteiger partial charge in [-0.05, 0) is 0 Å². The predicted molar refractivity (Wildman–Crippen MR) is 66.3 cm³/mol. The van der Waals surface area contributed by atoms with Gasteiger partial charge in [-0.1, -0.05) is 13.0 Å². The van der Waals surface area contributed by atoms with Gasteiger partial charge in [-0.25, -0.2) is 0 Å². The van der Waals surface area contributed by atoms with Crippen molar-refractivity contribution < 1.29 is 0 Å². The van der Waals surface area contributed by atoms with Crippen LogP contribution in [0.1, 0.15) is 6.92 Å². The molecule has 2 aliphatic heterocycles. The van der Waals surface area contributed by atoms with Crippen LogP contribution in [-0.4, -0.2) is 24.7 Å². The van der Waals surface area contributed by atoms with E-state index in [0.717, 1.165) is 5.25 Å². The van der Waals surface area contributed by atoms with E-state index in [1.165, 1.54) is 11.5 Å². The van der Waals surface area contributed by atoms with Gasteiger partial charge in [0.25, 0.3) is 0 Å². The Kier molecular flexibility index (Phi) is 3.00. The molecule has 0 nitrogen and oxygen atoms in total. The molecule has 0 bridgehead atoms. The summed E-state index contributed by atoms with van der Waals surface area (Å²) in [6.07, 6.45) is 2.09. The third-order valence-corrected chi connectivity index (χ3v) is 9.81. The smallest absolute Gasteiger partial charge is 0.121 e. The van der Waals surface area contributed by atoms with Gasteiger partial charge in [-0.2, -0.15) is 0 Å². The van der Waals surface area contributed by atoms with Crippen molar-refractivity contribution in [3.63, 3.8) is 0 Å². The van der Waals surface area contributed by atoms with Crippen LogP contribution in [0, 0.1) is 0 Å². The van der Waals surface area contributed by atoms with E-state index < -0.39 is 0 Å². The summed E-state index contributed by atoms with van der Waals surface area (Å²) < 4.78 is 0.429. The fourth-order valence-corrected chi connectivity index (χ4v) is 9.54. The maximum absolute atomic E-state index is 3.86. The Morgan fingerprint density at radius 2 is 2.08 bits per heavy atom. The molecule has 2 saturated heterocycles. The fourth-order valence-electron chi connectivity index (χ4n) is 1.23. The van der Waals surface area contributed by atoms with Crippen molar-refractivity contribution in [3.8, 4) is 0 Å². The third kappa shape index (κ3) is 1.81. The summed E-state index contributed by atoms with van der Waals surface area (Å²) in [7, 11) is 0. The van der Waals surface area contributed by atoms with Gasteiger partial charge in [-0.3, -0.25) is 0 Å². The van der Waals surface area contributed by atoms with Crippen molar-refractivity contribution in [1.82, 2.24) is 0 Å². The normalized spacial score (nSPS) is 47.1. The highest BCUT2D eigenvalue weighted by atomic mass is 32.3. The molecular weight excluding hydrogens is 224 g/mol. The molecule has 0 aliphatic carbocycles. The van der Waals surface area contributed by atoms with Crippen LogP contribution >= 0.6 is 47.0 Å². The predicted octanol–water partition coefficient (Wildman–Crippen LogP) is 3.50. The Morgan fingerprint density at radius 1 is 1.33 bits per heavy atom. The summed E-state index contributed by atoms with van der Waals surface area (Å²) in [4.78, 5) is 0. The molecule has 2 rings (SSSR count). The van der Waals surface area contributed by atoms with Gasteiger partial charge in [0.1, 0.15) is 0 Å². The van der Waals surface area contributed by atoms with Crippen molar-refractivity contribution in [2.24, 2.45) is 0 Å². The molecule has 2 fully saturated rings. The zero-order valence-electron chi connectivity index (χ0n) is 6.99. The highest BCUT2D eigenvalue weighted by molar-refractivity contribution is 8.50. The summed E-state index contributed by atoms with van der Waals surface area (Å²) in [5.41, 5.74) is 0. The van der Waals surface area contributed by atoms with E-state index in [2.05, 4.69) is 66.6 Å². The first-order valence-corrected chi connectivity index (χ1v) is 7.73. The summed E-state index contributed by atoms with van der Waals surface area (Å²) in [5, 5.41) is 1.51. The van der Waals surface area contributed by atoms with E-state index in [9.17, 15) is 0 Å². The summed E-state index contributed by atoms with van der Waals surface area (Å²) in [6.45, 7) is 6.19. The Hall–Kier alpha value is 1.14. The van der Waals surface area contributed by atoms with Crippen LogP contribution in [0.2, 0.25) is 0 Å². The average Bonchev–Trinajstić information content (AvgIpc) is 2.61. The van der Waals surface area contributed by atoms with Crippen LogP contribution in [0.3, 0.4) is 0 Å². The minimum absolute atomic E-state index is 0.429. The van der Waals surface area contributed by atoms with Crippen LogP contribution in [0.4, 0.5) is 0 Å². The molecule has 2 unspecified atom stereocenters. The molecular formula is C8H12S4. The number of rotatable bonds is 1. The monoisotopic (exact) mass is 236 g/mol. The van der Waals surface area contributed by atoms with E-state index in [1.54, 1.807) is 0 Å². The second kappa shape index (κ2) is 3.71. The van der Waals surface area contributed by atoms with Crippen LogP contribution in [0.5, 0.6) is 0 Å². The lowest BCUT2D eigenvalue weighted by Crippen LogP contribution is -2.01.